The normalized spacial score (nSPS) is 28.5. The first-order valence-electron chi connectivity index (χ1n) is 7.51. The summed E-state index contributed by atoms with van der Waals surface area (Å²) in [5.74, 6) is -0.0553. The predicted molar refractivity (Wildman–Crippen MR) is 81.5 cm³/mol. The Kier molecular flexibility index (Phi) is 4.12. The maximum atomic E-state index is 11.1. The van der Waals surface area contributed by atoms with E-state index in [1.54, 1.807) is 0 Å². The molecule has 1 aromatic carbocycles. The van der Waals surface area contributed by atoms with Crippen LogP contribution in [0.4, 0.5) is 11.4 Å². The number of hydrogen-bond acceptors (Lipinski definition) is 4. The number of rotatable bonds is 3. The summed E-state index contributed by atoms with van der Waals surface area (Å²) in [5.41, 5.74) is 1.76. The Morgan fingerprint density at radius 2 is 2.19 bits per heavy atom. The summed E-state index contributed by atoms with van der Waals surface area (Å²) in [4.78, 5) is 11.1. The molecular weight excluding hydrogens is 268 g/mol. The molecule has 0 aromatic heterocycles. The van der Waals surface area contributed by atoms with Gasteiger partial charge in [0.1, 0.15) is 0 Å². The fourth-order valence-corrected chi connectivity index (χ4v) is 3.14. The number of benzene rings is 1. The molecule has 1 amide bonds. The van der Waals surface area contributed by atoms with Crippen molar-refractivity contribution < 1.29 is 14.3 Å². The predicted octanol–water partition coefficient (Wildman–Crippen LogP) is 2.40. The Labute approximate surface area is 125 Å². The number of amides is 1. The van der Waals surface area contributed by atoms with Gasteiger partial charge in [-0.25, -0.2) is 0 Å². The van der Waals surface area contributed by atoms with Crippen LogP contribution in [0.3, 0.4) is 0 Å². The van der Waals surface area contributed by atoms with E-state index in [9.17, 15) is 4.79 Å². The zero-order valence-electron chi connectivity index (χ0n) is 12.4. The first-order valence-corrected chi connectivity index (χ1v) is 7.51. The molecule has 2 aliphatic heterocycles. The van der Waals surface area contributed by atoms with Crippen molar-refractivity contribution in [2.45, 2.75) is 37.8 Å². The third kappa shape index (κ3) is 3.54. The monoisotopic (exact) mass is 290 g/mol. The summed E-state index contributed by atoms with van der Waals surface area (Å²) >= 11 is 0. The van der Waals surface area contributed by atoms with Gasteiger partial charge in [0.2, 0.25) is 5.91 Å². The third-order valence-corrected chi connectivity index (χ3v) is 4.11. The van der Waals surface area contributed by atoms with Gasteiger partial charge in [-0.3, -0.25) is 4.79 Å². The van der Waals surface area contributed by atoms with Gasteiger partial charge < -0.3 is 20.1 Å². The minimum atomic E-state index is -0.0921. The molecule has 0 radical (unpaired) electrons. The van der Waals surface area contributed by atoms with Gasteiger partial charge in [0.15, 0.2) is 0 Å². The molecule has 2 atom stereocenters. The van der Waals surface area contributed by atoms with Crippen molar-refractivity contribution in [3.8, 4) is 0 Å². The molecule has 2 heterocycles. The van der Waals surface area contributed by atoms with Gasteiger partial charge in [-0.05, 0) is 31.0 Å². The third-order valence-electron chi connectivity index (χ3n) is 4.11. The van der Waals surface area contributed by atoms with Crippen molar-refractivity contribution in [2.24, 2.45) is 0 Å². The summed E-state index contributed by atoms with van der Waals surface area (Å²) in [6.45, 7) is 3.79. The molecular formula is C16H22N2O3. The van der Waals surface area contributed by atoms with Gasteiger partial charge in [0.05, 0.1) is 12.2 Å². The second-order valence-corrected chi connectivity index (χ2v) is 5.93. The van der Waals surface area contributed by atoms with Gasteiger partial charge in [-0.1, -0.05) is 6.07 Å². The van der Waals surface area contributed by atoms with Gasteiger partial charge in [-0.2, -0.15) is 0 Å². The summed E-state index contributed by atoms with van der Waals surface area (Å²) in [6, 6.07) is 8.21. The van der Waals surface area contributed by atoms with Crippen molar-refractivity contribution in [3.05, 3.63) is 24.3 Å². The van der Waals surface area contributed by atoms with Crippen molar-refractivity contribution in [1.82, 2.24) is 0 Å². The standard InChI is InChI=1S/C16H22N2O3/c1-12(19)17-13-3-2-4-14(9-13)18-15-5-7-21-16(10-15)6-8-20-11-16/h2-4,9,15,18H,5-8,10-11H2,1H3,(H,17,19). The molecule has 0 bridgehead atoms. The van der Waals surface area contributed by atoms with Crippen LogP contribution in [-0.2, 0) is 14.3 Å². The highest BCUT2D eigenvalue weighted by Crippen LogP contribution is 2.34. The fraction of sp³-hybridized carbons (Fsp3) is 0.562. The average Bonchev–Trinajstić information content (AvgIpc) is 2.86. The van der Waals surface area contributed by atoms with Crippen molar-refractivity contribution in [2.75, 3.05) is 30.5 Å². The smallest absolute Gasteiger partial charge is 0.221 e. The molecule has 5 nitrogen and oxygen atoms in total. The van der Waals surface area contributed by atoms with Crippen LogP contribution < -0.4 is 10.6 Å². The van der Waals surface area contributed by atoms with E-state index in [-0.39, 0.29) is 11.5 Å². The Bertz CT molecular complexity index is 512. The number of nitrogens with one attached hydrogen (secondary N) is 2. The zero-order chi connectivity index (χ0) is 14.7. The Hall–Kier alpha value is -1.59. The van der Waals surface area contributed by atoms with Crippen LogP contribution in [-0.4, -0.2) is 37.4 Å². The summed E-state index contributed by atoms with van der Waals surface area (Å²) in [6.07, 6.45) is 2.95. The number of hydrogen-bond donors (Lipinski definition) is 2. The van der Waals surface area contributed by atoms with Gasteiger partial charge in [0.25, 0.3) is 0 Å². The Morgan fingerprint density at radius 1 is 1.33 bits per heavy atom. The molecule has 2 unspecified atom stereocenters. The maximum Gasteiger partial charge on any atom is 0.221 e. The van der Waals surface area contributed by atoms with Crippen LogP contribution in [0.1, 0.15) is 26.2 Å². The van der Waals surface area contributed by atoms with E-state index >= 15 is 0 Å². The molecule has 0 saturated carbocycles. The molecule has 1 aromatic rings. The molecule has 5 heteroatoms. The lowest BCUT2D eigenvalue weighted by Gasteiger charge is -2.37. The molecule has 2 fully saturated rings. The number of carbonyl (C=O) groups excluding carboxylic acids is 1. The van der Waals surface area contributed by atoms with E-state index in [4.69, 9.17) is 9.47 Å². The van der Waals surface area contributed by atoms with Crippen LogP contribution in [0.2, 0.25) is 0 Å². The highest BCUT2D eigenvalue weighted by molar-refractivity contribution is 5.89. The second kappa shape index (κ2) is 6.03. The summed E-state index contributed by atoms with van der Waals surface area (Å²) in [7, 11) is 0. The van der Waals surface area contributed by atoms with Crippen molar-refractivity contribution in [3.63, 3.8) is 0 Å². The van der Waals surface area contributed by atoms with Crippen LogP contribution in [0.25, 0.3) is 0 Å². The quantitative estimate of drug-likeness (QED) is 0.897. The van der Waals surface area contributed by atoms with Crippen LogP contribution in [0.15, 0.2) is 24.3 Å². The van der Waals surface area contributed by atoms with E-state index in [0.29, 0.717) is 12.6 Å². The lowest BCUT2D eigenvalue weighted by molar-refractivity contribution is -0.114. The van der Waals surface area contributed by atoms with E-state index in [1.807, 2.05) is 24.3 Å². The summed E-state index contributed by atoms with van der Waals surface area (Å²) < 4.78 is 11.4. The van der Waals surface area contributed by atoms with Gasteiger partial charge >= 0.3 is 0 Å². The highest BCUT2D eigenvalue weighted by atomic mass is 16.6. The molecule has 21 heavy (non-hydrogen) atoms. The largest absolute Gasteiger partial charge is 0.382 e. The van der Waals surface area contributed by atoms with E-state index in [0.717, 1.165) is 43.9 Å². The first kappa shape index (κ1) is 14.4. The van der Waals surface area contributed by atoms with E-state index in [1.165, 1.54) is 6.92 Å². The average molecular weight is 290 g/mol. The summed E-state index contributed by atoms with van der Waals surface area (Å²) in [5, 5.41) is 6.37. The molecule has 1 spiro atoms. The topological polar surface area (TPSA) is 59.6 Å². The fourth-order valence-electron chi connectivity index (χ4n) is 3.14. The van der Waals surface area contributed by atoms with Crippen LogP contribution in [0, 0.1) is 0 Å². The van der Waals surface area contributed by atoms with Crippen molar-refractivity contribution >= 4 is 17.3 Å². The Morgan fingerprint density at radius 3 is 2.95 bits per heavy atom. The lowest BCUT2D eigenvalue weighted by atomic mass is 9.89. The zero-order valence-corrected chi connectivity index (χ0v) is 12.4. The molecule has 3 rings (SSSR count). The first-order chi connectivity index (χ1) is 10.2. The highest BCUT2D eigenvalue weighted by Gasteiger charge is 2.40. The molecule has 2 aliphatic rings. The van der Waals surface area contributed by atoms with Crippen LogP contribution in [0.5, 0.6) is 0 Å². The van der Waals surface area contributed by atoms with Crippen molar-refractivity contribution in [1.29, 1.82) is 0 Å². The van der Waals surface area contributed by atoms with Crippen LogP contribution >= 0.6 is 0 Å². The number of anilines is 2. The number of carbonyl (C=O) groups is 1. The SMILES string of the molecule is CC(=O)Nc1cccc(NC2CCOC3(CCOC3)C2)c1. The molecule has 2 N–H and O–H groups in total. The second-order valence-electron chi connectivity index (χ2n) is 5.93. The van der Waals surface area contributed by atoms with E-state index < -0.39 is 0 Å². The van der Waals surface area contributed by atoms with E-state index in [2.05, 4.69) is 10.6 Å². The molecule has 0 aliphatic carbocycles. The number of ether oxygens (including phenoxy) is 2. The maximum absolute atomic E-state index is 11.1. The molecule has 114 valence electrons. The minimum Gasteiger partial charge on any atom is -0.382 e. The van der Waals surface area contributed by atoms with Gasteiger partial charge in [-0.15, -0.1) is 0 Å². The Balaban J connectivity index is 1.64. The minimum absolute atomic E-state index is 0.0553. The van der Waals surface area contributed by atoms with Gasteiger partial charge in [0, 0.05) is 44.0 Å². The molecule has 2 saturated heterocycles. The lowest BCUT2D eigenvalue weighted by Crippen LogP contribution is -2.44.